The third-order valence-corrected chi connectivity index (χ3v) is 2.74. The Morgan fingerprint density at radius 2 is 1.90 bits per heavy atom. The summed E-state index contributed by atoms with van der Waals surface area (Å²) >= 11 is 0. The Hall–Kier alpha value is -2.56. The van der Waals surface area contributed by atoms with Gasteiger partial charge in [-0.2, -0.15) is 0 Å². The van der Waals surface area contributed by atoms with E-state index in [2.05, 4.69) is 5.32 Å². The smallest absolute Gasteiger partial charge is 0.255 e. The zero-order valence-electron chi connectivity index (χ0n) is 11.1. The van der Waals surface area contributed by atoms with E-state index in [1.165, 1.54) is 31.4 Å². The Morgan fingerprint density at radius 1 is 1.10 bits per heavy atom. The summed E-state index contributed by atoms with van der Waals surface area (Å²) in [6, 6.07) is 10.5. The van der Waals surface area contributed by atoms with Crippen LogP contribution in [0.15, 0.2) is 42.5 Å². The van der Waals surface area contributed by atoms with Crippen LogP contribution in [0.3, 0.4) is 0 Å². The van der Waals surface area contributed by atoms with E-state index in [1.807, 2.05) is 0 Å². The standard InChI is InChI=1S/C15H14FNO3/c1-19-12-6-7-13(14(9-12)20-2)17-15(18)10-4-3-5-11(16)8-10/h3-9H,1-2H3,(H,17,18). The first-order chi connectivity index (χ1) is 9.63. The fraction of sp³-hybridized carbons (Fsp3) is 0.133. The van der Waals surface area contributed by atoms with Crippen molar-refractivity contribution in [1.82, 2.24) is 0 Å². The van der Waals surface area contributed by atoms with Crippen molar-refractivity contribution in [3.05, 3.63) is 53.8 Å². The monoisotopic (exact) mass is 275 g/mol. The summed E-state index contributed by atoms with van der Waals surface area (Å²) in [4.78, 5) is 12.0. The number of ether oxygens (including phenoxy) is 2. The first-order valence-corrected chi connectivity index (χ1v) is 5.93. The van der Waals surface area contributed by atoms with Crippen molar-refractivity contribution in [3.63, 3.8) is 0 Å². The summed E-state index contributed by atoms with van der Waals surface area (Å²) in [6.45, 7) is 0. The molecule has 0 fully saturated rings. The van der Waals surface area contributed by atoms with Gasteiger partial charge in [0.1, 0.15) is 17.3 Å². The van der Waals surface area contributed by atoms with E-state index in [-0.39, 0.29) is 5.56 Å². The Bertz CT molecular complexity index is 628. The number of halogens is 1. The number of anilines is 1. The maximum Gasteiger partial charge on any atom is 0.255 e. The molecular formula is C15H14FNO3. The van der Waals surface area contributed by atoms with Crippen molar-refractivity contribution in [2.24, 2.45) is 0 Å². The summed E-state index contributed by atoms with van der Waals surface area (Å²) in [5, 5.41) is 2.67. The highest BCUT2D eigenvalue weighted by Crippen LogP contribution is 2.29. The molecule has 0 aromatic heterocycles. The number of carbonyl (C=O) groups excluding carboxylic acids is 1. The van der Waals surface area contributed by atoms with Gasteiger partial charge in [-0.25, -0.2) is 4.39 Å². The summed E-state index contributed by atoms with van der Waals surface area (Å²) < 4.78 is 23.3. The van der Waals surface area contributed by atoms with Crippen LogP contribution in [0.5, 0.6) is 11.5 Å². The van der Waals surface area contributed by atoms with Gasteiger partial charge in [0.05, 0.1) is 19.9 Å². The highest BCUT2D eigenvalue weighted by molar-refractivity contribution is 6.05. The van der Waals surface area contributed by atoms with Gasteiger partial charge in [0.2, 0.25) is 0 Å². The molecule has 0 unspecified atom stereocenters. The molecule has 2 aromatic rings. The van der Waals surface area contributed by atoms with E-state index < -0.39 is 11.7 Å². The molecule has 104 valence electrons. The third kappa shape index (κ3) is 3.06. The van der Waals surface area contributed by atoms with Crippen LogP contribution >= 0.6 is 0 Å². The van der Waals surface area contributed by atoms with E-state index in [4.69, 9.17) is 9.47 Å². The molecule has 1 N–H and O–H groups in total. The van der Waals surface area contributed by atoms with Crippen molar-refractivity contribution >= 4 is 11.6 Å². The van der Waals surface area contributed by atoms with Gasteiger partial charge in [-0.05, 0) is 30.3 Å². The molecular weight excluding hydrogens is 261 g/mol. The Morgan fingerprint density at radius 3 is 2.55 bits per heavy atom. The molecule has 0 atom stereocenters. The second-order valence-electron chi connectivity index (χ2n) is 4.03. The van der Waals surface area contributed by atoms with Gasteiger partial charge < -0.3 is 14.8 Å². The summed E-state index contributed by atoms with van der Waals surface area (Å²) in [5.74, 6) is 0.215. The molecule has 1 amide bonds. The van der Waals surface area contributed by atoms with Crippen molar-refractivity contribution < 1.29 is 18.7 Å². The van der Waals surface area contributed by atoms with Gasteiger partial charge in [0.25, 0.3) is 5.91 Å². The highest BCUT2D eigenvalue weighted by atomic mass is 19.1. The van der Waals surface area contributed by atoms with E-state index >= 15 is 0 Å². The van der Waals surface area contributed by atoms with Crippen LogP contribution in [0.4, 0.5) is 10.1 Å². The minimum atomic E-state index is -0.459. The van der Waals surface area contributed by atoms with E-state index in [0.717, 1.165) is 0 Å². The second kappa shape index (κ2) is 6.06. The van der Waals surface area contributed by atoms with Crippen LogP contribution in [-0.2, 0) is 0 Å². The van der Waals surface area contributed by atoms with E-state index in [1.54, 1.807) is 25.3 Å². The topological polar surface area (TPSA) is 47.6 Å². The molecule has 0 aliphatic carbocycles. The number of hydrogen-bond donors (Lipinski definition) is 1. The average molecular weight is 275 g/mol. The van der Waals surface area contributed by atoms with Crippen molar-refractivity contribution in [2.75, 3.05) is 19.5 Å². The lowest BCUT2D eigenvalue weighted by Crippen LogP contribution is -2.12. The fourth-order valence-electron chi connectivity index (χ4n) is 1.73. The molecule has 0 saturated carbocycles. The maximum atomic E-state index is 13.1. The average Bonchev–Trinajstić information content (AvgIpc) is 2.47. The number of methoxy groups -OCH3 is 2. The van der Waals surface area contributed by atoms with Gasteiger partial charge in [-0.15, -0.1) is 0 Å². The molecule has 0 saturated heterocycles. The van der Waals surface area contributed by atoms with Crippen molar-refractivity contribution in [1.29, 1.82) is 0 Å². The zero-order chi connectivity index (χ0) is 14.5. The number of amides is 1. The van der Waals surface area contributed by atoms with Gasteiger partial charge in [-0.1, -0.05) is 6.07 Å². The first kappa shape index (κ1) is 13.9. The lowest BCUT2D eigenvalue weighted by atomic mass is 10.2. The fourth-order valence-corrected chi connectivity index (χ4v) is 1.73. The van der Waals surface area contributed by atoms with Crippen molar-refractivity contribution in [2.45, 2.75) is 0 Å². The van der Waals surface area contributed by atoms with Gasteiger partial charge in [0.15, 0.2) is 0 Å². The van der Waals surface area contributed by atoms with Gasteiger partial charge in [0, 0.05) is 11.6 Å². The Balaban J connectivity index is 2.23. The molecule has 0 aliphatic heterocycles. The molecule has 0 radical (unpaired) electrons. The number of nitrogens with one attached hydrogen (secondary N) is 1. The highest BCUT2D eigenvalue weighted by Gasteiger charge is 2.11. The lowest BCUT2D eigenvalue weighted by molar-refractivity contribution is 0.102. The molecule has 2 rings (SSSR count). The van der Waals surface area contributed by atoms with Gasteiger partial charge in [-0.3, -0.25) is 4.79 Å². The minimum absolute atomic E-state index is 0.239. The first-order valence-electron chi connectivity index (χ1n) is 5.93. The third-order valence-electron chi connectivity index (χ3n) is 2.74. The van der Waals surface area contributed by atoms with Crippen LogP contribution in [0.1, 0.15) is 10.4 Å². The summed E-state index contributed by atoms with van der Waals surface area (Å²) in [5.41, 5.74) is 0.727. The number of benzene rings is 2. The normalized spacial score (nSPS) is 9.95. The molecule has 4 nitrogen and oxygen atoms in total. The van der Waals surface area contributed by atoms with Crippen LogP contribution in [-0.4, -0.2) is 20.1 Å². The van der Waals surface area contributed by atoms with Gasteiger partial charge >= 0.3 is 0 Å². The SMILES string of the molecule is COc1ccc(NC(=O)c2cccc(F)c2)c(OC)c1. The molecule has 5 heteroatoms. The summed E-state index contributed by atoms with van der Waals surface area (Å²) in [7, 11) is 3.03. The number of rotatable bonds is 4. The zero-order valence-corrected chi connectivity index (χ0v) is 11.1. The molecule has 20 heavy (non-hydrogen) atoms. The quantitative estimate of drug-likeness (QED) is 0.932. The van der Waals surface area contributed by atoms with Crippen LogP contribution in [0.2, 0.25) is 0 Å². The van der Waals surface area contributed by atoms with Crippen LogP contribution in [0, 0.1) is 5.82 Å². The molecule has 0 aliphatic rings. The van der Waals surface area contributed by atoms with Crippen LogP contribution in [0.25, 0.3) is 0 Å². The Kier molecular flexibility index (Phi) is 4.20. The largest absolute Gasteiger partial charge is 0.497 e. The van der Waals surface area contributed by atoms with Crippen molar-refractivity contribution in [3.8, 4) is 11.5 Å². The number of hydrogen-bond acceptors (Lipinski definition) is 3. The maximum absolute atomic E-state index is 13.1. The molecule has 0 heterocycles. The predicted octanol–water partition coefficient (Wildman–Crippen LogP) is 3.10. The Labute approximate surface area is 116 Å². The van der Waals surface area contributed by atoms with E-state index in [0.29, 0.717) is 17.2 Å². The number of carbonyl (C=O) groups is 1. The van der Waals surface area contributed by atoms with E-state index in [9.17, 15) is 9.18 Å². The van der Waals surface area contributed by atoms with Crippen LogP contribution < -0.4 is 14.8 Å². The molecule has 0 bridgehead atoms. The lowest BCUT2D eigenvalue weighted by Gasteiger charge is -2.11. The minimum Gasteiger partial charge on any atom is -0.497 e. The second-order valence-corrected chi connectivity index (χ2v) is 4.03. The summed E-state index contributed by atoms with van der Waals surface area (Å²) in [6.07, 6.45) is 0. The molecule has 2 aromatic carbocycles. The molecule has 0 spiro atoms. The predicted molar refractivity (Wildman–Crippen MR) is 73.9 cm³/mol.